The fraction of sp³-hybridized carbons (Fsp3) is 0.120. The Morgan fingerprint density at radius 3 is 2.53 bits per heavy atom. The van der Waals surface area contributed by atoms with Crippen LogP contribution in [0, 0.1) is 0 Å². The van der Waals surface area contributed by atoms with Crippen molar-refractivity contribution in [3.63, 3.8) is 0 Å². The summed E-state index contributed by atoms with van der Waals surface area (Å²) < 4.78 is 11.2. The first-order valence-electron chi connectivity index (χ1n) is 9.94. The van der Waals surface area contributed by atoms with Crippen LogP contribution < -0.4 is 15.5 Å². The van der Waals surface area contributed by atoms with E-state index in [1.165, 1.54) is 6.26 Å². The van der Waals surface area contributed by atoms with E-state index < -0.39 is 6.04 Å². The average molecular weight is 450 g/mol. The highest BCUT2D eigenvalue weighted by molar-refractivity contribution is 6.30. The van der Waals surface area contributed by atoms with E-state index in [1.54, 1.807) is 42.5 Å². The lowest BCUT2D eigenvalue weighted by atomic mass is 10.1. The fourth-order valence-corrected chi connectivity index (χ4v) is 3.46. The Morgan fingerprint density at radius 2 is 1.81 bits per heavy atom. The predicted molar refractivity (Wildman–Crippen MR) is 123 cm³/mol. The van der Waals surface area contributed by atoms with Crippen molar-refractivity contribution >= 4 is 28.5 Å². The summed E-state index contributed by atoms with van der Waals surface area (Å²) in [5.74, 6) is 0.00263. The van der Waals surface area contributed by atoms with Gasteiger partial charge in [-0.25, -0.2) is 0 Å². The number of hydrogen-bond acceptors (Lipinski definition) is 5. The largest absolute Gasteiger partial charge is 0.484 e. The minimum atomic E-state index is -0.520. The molecule has 6 nitrogen and oxygen atoms in total. The Bertz CT molecular complexity index is 1290. The first kappa shape index (κ1) is 21.6. The van der Waals surface area contributed by atoms with Crippen molar-refractivity contribution in [2.24, 2.45) is 0 Å². The molecular weight excluding hydrogens is 430 g/mol. The number of ether oxygens (including phenoxy) is 1. The molecule has 0 aliphatic heterocycles. The summed E-state index contributed by atoms with van der Waals surface area (Å²) in [6.45, 7) is -0.477. The van der Waals surface area contributed by atoms with Gasteiger partial charge in [-0.15, -0.1) is 0 Å². The molecule has 1 heterocycles. The number of fused-ring (bicyclic) bond motifs is 1. The molecule has 0 aliphatic carbocycles. The highest BCUT2D eigenvalue weighted by Crippen LogP contribution is 2.24. The van der Waals surface area contributed by atoms with Gasteiger partial charge >= 0.3 is 0 Å². The van der Waals surface area contributed by atoms with E-state index in [0.717, 1.165) is 5.56 Å². The average Bonchev–Trinajstić information content (AvgIpc) is 2.82. The Morgan fingerprint density at radius 1 is 1.06 bits per heavy atom. The number of rotatable bonds is 7. The van der Waals surface area contributed by atoms with Gasteiger partial charge in [-0.1, -0.05) is 54.1 Å². The molecule has 1 aromatic heterocycles. The number of halogens is 1. The van der Waals surface area contributed by atoms with E-state index in [-0.39, 0.29) is 24.5 Å². The zero-order valence-corrected chi connectivity index (χ0v) is 17.7. The van der Waals surface area contributed by atoms with Crippen LogP contribution in [-0.2, 0) is 4.79 Å². The molecule has 0 unspecified atom stereocenters. The van der Waals surface area contributed by atoms with Gasteiger partial charge in [0.1, 0.15) is 17.6 Å². The van der Waals surface area contributed by atoms with E-state index in [2.05, 4.69) is 5.32 Å². The number of nitrogens with one attached hydrogen (secondary N) is 1. The minimum Gasteiger partial charge on any atom is -0.484 e. The zero-order chi connectivity index (χ0) is 22.5. The van der Waals surface area contributed by atoms with E-state index in [0.29, 0.717) is 32.9 Å². The maximum atomic E-state index is 12.9. The lowest BCUT2D eigenvalue weighted by Crippen LogP contribution is -2.34. The topological polar surface area (TPSA) is 88.8 Å². The van der Waals surface area contributed by atoms with Gasteiger partial charge in [0.05, 0.1) is 23.6 Å². The molecule has 0 saturated heterocycles. The third-order valence-electron chi connectivity index (χ3n) is 4.99. The number of amides is 1. The Hall–Kier alpha value is -3.61. The van der Waals surface area contributed by atoms with E-state index in [1.807, 2.05) is 30.3 Å². The van der Waals surface area contributed by atoms with Crippen LogP contribution in [0.15, 0.2) is 88.3 Å². The number of benzene rings is 3. The van der Waals surface area contributed by atoms with Crippen LogP contribution in [0.4, 0.5) is 0 Å². The fourth-order valence-electron chi connectivity index (χ4n) is 3.33. The highest BCUT2D eigenvalue weighted by atomic mass is 35.5. The summed E-state index contributed by atoms with van der Waals surface area (Å²) in [5.41, 5.74) is 2.11. The minimum absolute atomic E-state index is 0.175. The maximum absolute atomic E-state index is 12.9. The summed E-state index contributed by atoms with van der Waals surface area (Å²) in [6.07, 6.45) is 1.40. The smallest absolute Gasteiger partial charge is 0.258 e. The van der Waals surface area contributed by atoms with Gasteiger partial charge in [0.15, 0.2) is 12.0 Å². The van der Waals surface area contributed by atoms with Crippen LogP contribution in [0.5, 0.6) is 5.75 Å². The Balaban J connectivity index is 1.46. The molecule has 0 bridgehead atoms. The molecule has 1 amide bonds. The SMILES string of the molecule is O=C(COc1ccc2c(=O)c(-c3ccc(Cl)cc3)coc2c1)N[C@@H](CO)c1ccccc1. The van der Waals surface area contributed by atoms with Gasteiger partial charge < -0.3 is 19.6 Å². The quantitative estimate of drug-likeness (QED) is 0.438. The third kappa shape index (κ3) is 4.82. The number of carbonyl (C=O) groups excluding carboxylic acids is 1. The van der Waals surface area contributed by atoms with Gasteiger partial charge in [0.25, 0.3) is 5.91 Å². The molecule has 2 N–H and O–H groups in total. The van der Waals surface area contributed by atoms with Gasteiger partial charge in [-0.3, -0.25) is 9.59 Å². The van der Waals surface area contributed by atoms with E-state index >= 15 is 0 Å². The molecule has 1 atom stereocenters. The number of aliphatic hydroxyl groups is 1. The van der Waals surface area contributed by atoms with E-state index in [9.17, 15) is 14.7 Å². The molecule has 0 saturated carbocycles. The maximum Gasteiger partial charge on any atom is 0.258 e. The van der Waals surface area contributed by atoms with Crippen LogP contribution in [0.1, 0.15) is 11.6 Å². The van der Waals surface area contributed by atoms with Gasteiger partial charge in [0, 0.05) is 11.1 Å². The molecule has 4 rings (SSSR count). The molecule has 0 radical (unpaired) electrons. The predicted octanol–water partition coefficient (Wildman–Crippen LogP) is 4.34. The first-order chi connectivity index (χ1) is 15.5. The number of hydrogen-bond donors (Lipinski definition) is 2. The summed E-state index contributed by atoms with van der Waals surface area (Å²) in [5, 5.41) is 13.3. The normalized spacial score (nSPS) is 11.8. The van der Waals surface area contributed by atoms with Crippen molar-refractivity contribution in [1.29, 1.82) is 0 Å². The molecular formula is C25H20ClNO5. The highest BCUT2D eigenvalue weighted by Gasteiger charge is 2.14. The molecule has 32 heavy (non-hydrogen) atoms. The first-order valence-corrected chi connectivity index (χ1v) is 10.3. The molecule has 3 aromatic carbocycles. The standard InChI is InChI=1S/C25H20ClNO5/c26-18-8-6-16(7-9-18)21-14-32-23-12-19(10-11-20(23)25(21)30)31-15-24(29)27-22(13-28)17-4-2-1-3-5-17/h1-12,14,22,28H,13,15H2,(H,27,29)/t22-/m0/s1. The van der Waals surface area contributed by atoms with Gasteiger partial charge in [-0.05, 0) is 35.4 Å². The Labute approximate surface area is 189 Å². The second-order valence-corrected chi connectivity index (χ2v) is 7.58. The van der Waals surface area contributed by atoms with Gasteiger partial charge in [0.2, 0.25) is 0 Å². The summed E-state index contributed by atoms with van der Waals surface area (Å²) in [4.78, 5) is 25.1. The Kier molecular flexibility index (Phi) is 6.54. The number of aliphatic hydroxyl groups excluding tert-OH is 1. The summed E-state index contributed by atoms with van der Waals surface area (Å²) in [7, 11) is 0. The van der Waals surface area contributed by atoms with E-state index in [4.69, 9.17) is 20.8 Å². The van der Waals surface area contributed by atoms with Crippen molar-refractivity contribution < 1.29 is 19.1 Å². The second-order valence-electron chi connectivity index (χ2n) is 7.15. The van der Waals surface area contributed by atoms with Crippen molar-refractivity contribution in [1.82, 2.24) is 5.32 Å². The molecule has 0 fully saturated rings. The zero-order valence-electron chi connectivity index (χ0n) is 17.0. The second kappa shape index (κ2) is 9.68. The lowest BCUT2D eigenvalue weighted by molar-refractivity contribution is -0.124. The molecule has 0 spiro atoms. The molecule has 0 aliphatic rings. The van der Waals surface area contributed by atoms with Crippen molar-refractivity contribution in [3.8, 4) is 16.9 Å². The molecule has 162 valence electrons. The summed E-state index contributed by atoms with van der Waals surface area (Å²) >= 11 is 5.91. The van der Waals surface area contributed by atoms with Crippen molar-refractivity contribution in [2.45, 2.75) is 6.04 Å². The van der Waals surface area contributed by atoms with Crippen LogP contribution in [0.2, 0.25) is 5.02 Å². The third-order valence-corrected chi connectivity index (χ3v) is 5.24. The molecule has 7 heteroatoms. The summed E-state index contributed by atoms with van der Waals surface area (Å²) in [6, 6.07) is 20.4. The number of carbonyl (C=O) groups is 1. The molecule has 4 aromatic rings. The van der Waals surface area contributed by atoms with Crippen LogP contribution in [-0.4, -0.2) is 24.2 Å². The van der Waals surface area contributed by atoms with Gasteiger partial charge in [-0.2, -0.15) is 0 Å². The lowest BCUT2D eigenvalue weighted by Gasteiger charge is -2.17. The van der Waals surface area contributed by atoms with Crippen LogP contribution >= 0.6 is 11.6 Å². The monoisotopic (exact) mass is 449 g/mol. The van der Waals surface area contributed by atoms with Crippen molar-refractivity contribution in [3.05, 3.63) is 99.9 Å². The van der Waals surface area contributed by atoms with Crippen molar-refractivity contribution in [2.75, 3.05) is 13.2 Å². The van der Waals surface area contributed by atoms with Crippen LogP contribution in [0.25, 0.3) is 22.1 Å². The van der Waals surface area contributed by atoms with Crippen LogP contribution in [0.3, 0.4) is 0 Å².